The zero-order valence-electron chi connectivity index (χ0n) is 14.9. The molecule has 1 heterocycles. The second kappa shape index (κ2) is 9.11. The van der Waals surface area contributed by atoms with Crippen LogP contribution in [0.4, 0.5) is 0 Å². The van der Waals surface area contributed by atoms with Crippen LogP contribution in [-0.4, -0.2) is 74.1 Å². The van der Waals surface area contributed by atoms with Gasteiger partial charge in [-0.3, -0.25) is 14.7 Å². The maximum absolute atomic E-state index is 11.8. The Hall–Kier alpha value is -1.30. The number of piperidine rings is 1. The number of hydrogen-bond donors (Lipinski definition) is 1. The van der Waals surface area contributed by atoms with Crippen LogP contribution in [0.5, 0.6) is 0 Å². The summed E-state index contributed by atoms with van der Waals surface area (Å²) in [6, 6.07) is 0.809. The van der Waals surface area contributed by atoms with Crippen LogP contribution in [-0.2, 0) is 9.53 Å². The Labute approximate surface area is 140 Å². The van der Waals surface area contributed by atoms with E-state index in [0.717, 1.165) is 57.6 Å². The van der Waals surface area contributed by atoms with Crippen molar-refractivity contribution in [2.24, 2.45) is 10.9 Å². The first kappa shape index (κ1) is 18.0. The van der Waals surface area contributed by atoms with Gasteiger partial charge in [0.15, 0.2) is 5.96 Å². The van der Waals surface area contributed by atoms with Crippen LogP contribution < -0.4 is 5.32 Å². The lowest BCUT2D eigenvalue weighted by atomic mass is 9.97. The molecule has 23 heavy (non-hydrogen) atoms. The highest BCUT2D eigenvalue weighted by Gasteiger charge is 2.28. The molecule has 1 N–H and O–H groups in total. The molecule has 0 aromatic carbocycles. The standard InChI is InChI=1S/C17H32N4O2/c1-4-20(15-6-7-15)13-10-19-17(18-3)21-11-8-14(9-12-21)16(22)23-5-2/h14-15H,4-13H2,1-3H3,(H,18,19). The van der Waals surface area contributed by atoms with Gasteiger partial charge in [-0.2, -0.15) is 0 Å². The second-order valence-electron chi connectivity index (χ2n) is 6.35. The molecule has 1 saturated heterocycles. The number of carbonyl (C=O) groups is 1. The number of likely N-dealkylation sites (N-methyl/N-ethyl adjacent to an activating group) is 1. The third kappa shape index (κ3) is 5.37. The summed E-state index contributed by atoms with van der Waals surface area (Å²) in [5, 5.41) is 3.47. The fraction of sp³-hybridized carbons (Fsp3) is 0.882. The zero-order valence-corrected chi connectivity index (χ0v) is 14.9. The highest BCUT2D eigenvalue weighted by atomic mass is 16.5. The molecule has 6 heteroatoms. The predicted octanol–water partition coefficient (Wildman–Crippen LogP) is 1.32. The fourth-order valence-corrected chi connectivity index (χ4v) is 3.27. The van der Waals surface area contributed by atoms with E-state index in [-0.39, 0.29) is 11.9 Å². The van der Waals surface area contributed by atoms with E-state index in [9.17, 15) is 4.79 Å². The van der Waals surface area contributed by atoms with Gasteiger partial charge in [0.25, 0.3) is 0 Å². The number of carbonyl (C=O) groups excluding carboxylic acids is 1. The van der Waals surface area contributed by atoms with Gasteiger partial charge < -0.3 is 15.0 Å². The van der Waals surface area contributed by atoms with Gasteiger partial charge in [0.05, 0.1) is 12.5 Å². The van der Waals surface area contributed by atoms with Crippen molar-refractivity contribution in [1.29, 1.82) is 0 Å². The van der Waals surface area contributed by atoms with Crippen LogP contribution in [0.25, 0.3) is 0 Å². The number of esters is 1. The molecule has 132 valence electrons. The highest BCUT2D eigenvalue weighted by molar-refractivity contribution is 5.80. The summed E-state index contributed by atoms with van der Waals surface area (Å²) in [4.78, 5) is 21.0. The zero-order chi connectivity index (χ0) is 16.7. The Balaban J connectivity index is 1.71. The molecule has 2 aliphatic rings. The first-order chi connectivity index (χ1) is 11.2. The van der Waals surface area contributed by atoms with Crippen LogP contribution >= 0.6 is 0 Å². The SMILES string of the molecule is CCOC(=O)C1CCN(C(=NC)NCCN(CC)C2CC2)CC1. The van der Waals surface area contributed by atoms with Crippen molar-refractivity contribution in [2.75, 3.05) is 46.4 Å². The Bertz CT molecular complexity index is 401. The molecule has 0 aromatic heterocycles. The maximum atomic E-state index is 11.8. The van der Waals surface area contributed by atoms with Crippen LogP contribution in [0, 0.1) is 5.92 Å². The molecule has 2 fully saturated rings. The van der Waals surface area contributed by atoms with Gasteiger partial charge in [-0.25, -0.2) is 0 Å². The van der Waals surface area contributed by atoms with E-state index in [1.807, 2.05) is 14.0 Å². The number of nitrogens with zero attached hydrogens (tertiary/aromatic N) is 3. The lowest BCUT2D eigenvalue weighted by Gasteiger charge is -2.33. The Morgan fingerprint density at radius 2 is 1.96 bits per heavy atom. The molecule has 0 atom stereocenters. The van der Waals surface area contributed by atoms with E-state index in [2.05, 4.69) is 27.0 Å². The Morgan fingerprint density at radius 1 is 1.26 bits per heavy atom. The predicted molar refractivity (Wildman–Crippen MR) is 92.6 cm³/mol. The summed E-state index contributed by atoms with van der Waals surface area (Å²) in [6.07, 6.45) is 4.40. The quantitative estimate of drug-likeness (QED) is 0.435. The van der Waals surface area contributed by atoms with Crippen LogP contribution in [0.3, 0.4) is 0 Å². The molecular weight excluding hydrogens is 292 g/mol. The van der Waals surface area contributed by atoms with E-state index >= 15 is 0 Å². The van der Waals surface area contributed by atoms with E-state index < -0.39 is 0 Å². The number of aliphatic imine (C=N–C) groups is 1. The molecule has 0 amide bonds. The second-order valence-corrected chi connectivity index (χ2v) is 6.35. The van der Waals surface area contributed by atoms with E-state index in [0.29, 0.717) is 6.61 Å². The number of ether oxygens (including phenoxy) is 1. The van der Waals surface area contributed by atoms with Crippen molar-refractivity contribution in [1.82, 2.24) is 15.1 Å². The van der Waals surface area contributed by atoms with Crippen molar-refractivity contribution >= 4 is 11.9 Å². The monoisotopic (exact) mass is 324 g/mol. The van der Waals surface area contributed by atoms with E-state index in [1.165, 1.54) is 12.8 Å². The summed E-state index contributed by atoms with van der Waals surface area (Å²) in [6.45, 7) is 9.40. The maximum Gasteiger partial charge on any atom is 0.309 e. The molecule has 0 aromatic rings. The molecule has 0 radical (unpaired) electrons. The van der Waals surface area contributed by atoms with Crippen molar-refractivity contribution < 1.29 is 9.53 Å². The summed E-state index contributed by atoms with van der Waals surface area (Å²) >= 11 is 0. The van der Waals surface area contributed by atoms with Crippen LogP contribution in [0.15, 0.2) is 4.99 Å². The number of nitrogens with one attached hydrogen (secondary N) is 1. The molecule has 1 aliphatic carbocycles. The molecule has 2 rings (SSSR count). The third-order valence-corrected chi connectivity index (χ3v) is 4.78. The van der Waals surface area contributed by atoms with Gasteiger partial charge in [-0.05, 0) is 39.2 Å². The summed E-state index contributed by atoms with van der Waals surface area (Å²) in [5.74, 6) is 0.965. The largest absolute Gasteiger partial charge is 0.466 e. The van der Waals surface area contributed by atoms with Crippen LogP contribution in [0.1, 0.15) is 39.5 Å². The Morgan fingerprint density at radius 3 is 2.48 bits per heavy atom. The van der Waals surface area contributed by atoms with Crippen molar-refractivity contribution in [2.45, 2.75) is 45.6 Å². The average Bonchev–Trinajstić information content (AvgIpc) is 3.40. The molecule has 1 saturated carbocycles. The van der Waals surface area contributed by atoms with E-state index in [4.69, 9.17) is 4.74 Å². The fourth-order valence-electron chi connectivity index (χ4n) is 3.27. The topological polar surface area (TPSA) is 57.2 Å². The number of likely N-dealkylation sites (tertiary alicyclic amines) is 1. The van der Waals surface area contributed by atoms with Crippen molar-refractivity contribution in [3.63, 3.8) is 0 Å². The Kier molecular flexibility index (Phi) is 7.15. The highest BCUT2D eigenvalue weighted by Crippen LogP contribution is 2.25. The molecule has 0 bridgehead atoms. The van der Waals surface area contributed by atoms with Gasteiger partial charge in [0, 0.05) is 39.3 Å². The normalized spacial score (nSPS) is 20.0. The number of rotatable bonds is 7. The van der Waals surface area contributed by atoms with Gasteiger partial charge in [0.1, 0.15) is 0 Å². The molecule has 1 aliphatic heterocycles. The van der Waals surface area contributed by atoms with Crippen molar-refractivity contribution in [3.8, 4) is 0 Å². The van der Waals surface area contributed by atoms with Gasteiger partial charge in [0.2, 0.25) is 0 Å². The molecule has 0 spiro atoms. The van der Waals surface area contributed by atoms with Gasteiger partial charge in [-0.1, -0.05) is 6.92 Å². The first-order valence-electron chi connectivity index (χ1n) is 9.05. The summed E-state index contributed by atoms with van der Waals surface area (Å²) < 4.78 is 5.13. The number of hydrogen-bond acceptors (Lipinski definition) is 4. The minimum Gasteiger partial charge on any atom is -0.466 e. The molecule has 6 nitrogen and oxygen atoms in total. The lowest BCUT2D eigenvalue weighted by molar-refractivity contribution is -0.149. The number of guanidine groups is 1. The minimum atomic E-state index is -0.0434. The van der Waals surface area contributed by atoms with Crippen molar-refractivity contribution in [3.05, 3.63) is 0 Å². The average molecular weight is 324 g/mol. The summed E-state index contributed by atoms with van der Waals surface area (Å²) in [7, 11) is 1.83. The lowest BCUT2D eigenvalue weighted by Crippen LogP contribution is -2.48. The molecule has 0 unspecified atom stereocenters. The summed E-state index contributed by atoms with van der Waals surface area (Å²) in [5.41, 5.74) is 0. The minimum absolute atomic E-state index is 0.0434. The van der Waals surface area contributed by atoms with Gasteiger partial charge in [-0.15, -0.1) is 0 Å². The van der Waals surface area contributed by atoms with E-state index in [1.54, 1.807) is 0 Å². The third-order valence-electron chi connectivity index (χ3n) is 4.78. The molecular formula is C17H32N4O2. The van der Waals surface area contributed by atoms with Gasteiger partial charge >= 0.3 is 5.97 Å². The first-order valence-corrected chi connectivity index (χ1v) is 9.05. The smallest absolute Gasteiger partial charge is 0.309 e. The van der Waals surface area contributed by atoms with Crippen LogP contribution in [0.2, 0.25) is 0 Å².